The maximum Gasteiger partial charge on any atom is 0.261 e. The van der Waals surface area contributed by atoms with Gasteiger partial charge in [0.2, 0.25) is 5.43 Å². The Morgan fingerprint density at radius 2 is 1.68 bits per heavy atom. The summed E-state index contributed by atoms with van der Waals surface area (Å²) < 4.78 is 7.74. The number of amides is 1. The number of aryl methyl sites for hydroxylation is 2. The second kappa shape index (κ2) is 9.40. The minimum absolute atomic E-state index is 0.0668. The van der Waals surface area contributed by atoms with Crippen molar-refractivity contribution in [3.05, 3.63) is 118 Å². The van der Waals surface area contributed by atoms with Crippen LogP contribution in [-0.2, 0) is 20.0 Å². The number of carbonyl (C=O) groups excluding carboxylic acids is 1. The van der Waals surface area contributed by atoms with Gasteiger partial charge in [-0.05, 0) is 48.1 Å². The first-order valence-electron chi connectivity index (χ1n) is 11.5. The number of fused-ring (bicyclic) bond motifs is 2. The van der Waals surface area contributed by atoms with E-state index in [1.165, 1.54) is 11.8 Å². The van der Waals surface area contributed by atoms with Gasteiger partial charge in [0.15, 0.2) is 0 Å². The molecule has 2 aromatic heterocycles. The molecule has 5 aromatic rings. The van der Waals surface area contributed by atoms with Crippen molar-refractivity contribution in [3.8, 4) is 0 Å². The molecular formula is C29H26N2O3. The fourth-order valence-corrected chi connectivity index (χ4v) is 4.46. The molecule has 0 radical (unpaired) electrons. The summed E-state index contributed by atoms with van der Waals surface area (Å²) in [5.41, 5.74) is 3.60. The number of aromatic nitrogens is 1. The van der Waals surface area contributed by atoms with Gasteiger partial charge in [0.05, 0.1) is 11.9 Å². The predicted molar refractivity (Wildman–Crippen MR) is 135 cm³/mol. The van der Waals surface area contributed by atoms with Crippen molar-refractivity contribution >= 4 is 27.8 Å². The Morgan fingerprint density at radius 1 is 0.941 bits per heavy atom. The Balaban J connectivity index is 1.46. The second-order valence-electron chi connectivity index (χ2n) is 8.54. The minimum atomic E-state index is -0.308. The minimum Gasteiger partial charge on any atom is -0.463 e. The van der Waals surface area contributed by atoms with Crippen LogP contribution in [-0.4, -0.2) is 21.9 Å². The van der Waals surface area contributed by atoms with Gasteiger partial charge in [-0.1, -0.05) is 60.7 Å². The summed E-state index contributed by atoms with van der Waals surface area (Å²) in [7, 11) is 2.01. The van der Waals surface area contributed by atoms with E-state index in [9.17, 15) is 9.59 Å². The number of benzene rings is 3. The average Bonchev–Trinajstić information content (AvgIpc) is 3.19. The average molecular weight is 451 g/mol. The van der Waals surface area contributed by atoms with Crippen molar-refractivity contribution in [3.63, 3.8) is 0 Å². The number of para-hydroxylation sites is 2. The lowest BCUT2D eigenvalue weighted by atomic mass is 10.1. The van der Waals surface area contributed by atoms with E-state index >= 15 is 0 Å². The molecule has 0 N–H and O–H groups in total. The van der Waals surface area contributed by atoms with Gasteiger partial charge >= 0.3 is 0 Å². The Morgan fingerprint density at radius 3 is 2.50 bits per heavy atom. The highest BCUT2D eigenvalue weighted by atomic mass is 16.3. The molecule has 0 fully saturated rings. The van der Waals surface area contributed by atoms with E-state index in [0.29, 0.717) is 24.1 Å². The van der Waals surface area contributed by atoms with E-state index in [2.05, 4.69) is 34.9 Å². The van der Waals surface area contributed by atoms with E-state index in [1.807, 2.05) is 43.4 Å². The summed E-state index contributed by atoms with van der Waals surface area (Å²) in [6, 6.07) is 27.5. The van der Waals surface area contributed by atoms with Crippen LogP contribution in [0, 0.1) is 0 Å². The van der Waals surface area contributed by atoms with Crippen LogP contribution in [0.1, 0.15) is 28.0 Å². The quantitative estimate of drug-likeness (QED) is 0.326. The first-order valence-corrected chi connectivity index (χ1v) is 11.5. The summed E-state index contributed by atoms with van der Waals surface area (Å²) in [4.78, 5) is 28.5. The van der Waals surface area contributed by atoms with Crippen molar-refractivity contribution in [2.24, 2.45) is 7.05 Å². The molecule has 0 aliphatic rings. The van der Waals surface area contributed by atoms with E-state index in [1.54, 1.807) is 23.1 Å². The Labute approximate surface area is 197 Å². The number of hydrogen-bond donors (Lipinski definition) is 0. The molecule has 5 heteroatoms. The Kier molecular flexibility index (Phi) is 6.00. The van der Waals surface area contributed by atoms with Gasteiger partial charge in [-0.25, -0.2) is 0 Å². The smallest absolute Gasteiger partial charge is 0.261 e. The lowest BCUT2D eigenvalue weighted by molar-refractivity contribution is 0.0734. The highest BCUT2D eigenvalue weighted by molar-refractivity contribution is 5.96. The third-order valence-electron chi connectivity index (χ3n) is 6.34. The van der Waals surface area contributed by atoms with Crippen LogP contribution < -0.4 is 5.43 Å². The highest BCUT2D eigenvalue weighted by Gasteiger charge is 2.22. The molecule has 34 heavy (non-hydrogen) atoms. The van der Waals surface area contributed by atoms with Crippen LogP contribution in [0.15, 0.2) is 100 Å². The molecule has 0 bridgehead atoms. The number of rotatable bonds is 7. The van der Waals surface area contributed by atoms with Gasteiger partial charge in [0, 0.05) is 24.8 Å². The van der Waals surface area contributed by atoms with Crippen LogP contribution >= 0.6 is 0 Å². The lowest BCUT2D eigenvalue weighted by Gasteiger charge is -2.23. The van der Waals surface area contributed by atoms with E-state index < -0.39 is 0 Å². The van der Waals surface area contributed by atoms with Crippen LogP contribution in [0.2, 0.25) is 0 Å². The molecule has 0 saturated heterocycles. The number of nitrogens with zero attached hydrogens (tertiary/aromatic N) is 2. The maximum absolute atomic E-state index is 13.6. The topological polar surface area (TPSA) is 55.5 Å². The van der Waals surface area contributed by atoms with Crippen molar-refractivity contribution < 1.29 is 9.21 Å². The molecule has 5 nitrogen and oxygen atoms in total. The normalized spacial score (nSPS) is 11.2. The molecule has 0 aliphatic carbocycles. The van der Waals surface area contributed by atoms with Gasteiger partial charge in [0.25, 0.3) is 5.91 Å². The van der Waals surface area contributed by atoms with E-state index in [0.717, 1.165) is 29.4 Å². The first kappa shape index (κ1) is 21.7. The van der Waals surface area contributed by atoms with Gasteiger partial charge in [0.1, 0.15) is 17.4 Å². The van der Waals surface area contributed by atoms with Crippen molar-refractivity contribution in [2.45, 2.75) is 19.4 Å². The predicted octanol–water partition coefficient (Wildman–Crippen LogP) is 5.56. The molecule has 0 unspecified atom stereocenters. The lowest BCUT2D eigenvalue weighted by Crippen LogP contribution is -2.35. The van der Waals surface area contributed by atoms with E-state index in [-0.39, 0.29) is 16.9 Å². The molecule has 3 aromatic carbocycles. The third-order valence-corrected chi connectivity index (χ3v) is 6.34. The fourth-order valence-electron chi connectivity index (χ4n) is 4.46. The molecule has 0 aliphatic heterocycles. The van der Waals surface area contributed by atoms with Crippen molar-refractivity contribution in [2.75, 3.05) is 6.54 Å². The van der Waals surface area contributed by atoms with Crippen LogP contribution in [0.25, 0.3) is 21.9 Å². The van der Waals surface area contributed by atoms with Gasteiger partial charge in [-0.3, -0.25) is 9.59 Å². The van der Waals surface area contributed by atoms with Crippen LogP contribution in [0.5, 0.6) is 0 Å². The zero-order valence-electron chi connectivity index (χ0n) is 19.1. The molecule has 0 spiro atoms. The summed E-state index contributed by atoms with van der Waals surface area (Å²) in [6.07, 6.45) is 2.95. The number of hydrogen-bond acceptors (Lipinski definition) is 3. The monoisotopic (exact) mass is 450 g/mol. The second-order valence-corrected chi connectivity index (χ2v) is 8.54. The molecule has 0 saturated carbocycles. The van der Waals surface area contributed by atoms with Gasteiger partial charge < -0.3 is 13.9 Å². The zero-order valence-corrected chi connectivity index (χ0v) is 19.1. The molecular weight excluding hydrogens is 424 g/mol. The Bertz CT molecular complexity index is 1520. The fraction of sp³-hybridized carbons (Fsp3) is 0.172. The Hall–Kier alpha value is -4.12. The molecule has 0 atom stereocenters. The van der Waals surface area contributed by atoms with Gasteiger partial charge in [-0.2, -0.15) is 0 Å². The summed E-state index contributed by atoms with van der Waals surface area (Å²) in [5.74, 6) is -0.308. The van der Waals surface area contributed by atoms with Crippen LogP contribution in [0.4, 0.5) is 0 Å². The standard InChI is InChI=1S/C29H26N2O3/c1-30-23(18-22-13-5-7-15-26(22)30)19-31(17-9-12-21-10-3-2-4-11-21)29(33)25-20-34-27-16-8-6-14-24(27)28(25)32/h2-8,10-11,13-16,18,20H,9,12,17,19H2,1H3. The summed E-state index contributed by atoms with van der Waals surface area (Å²) in [5, 5.41) is 1.55. The molecule has 2 heterocycles. The molecule has 5 rings (SSSR count). The molecule has 170 valence electrons. The van der Waals surface area contributed by atoms with Crippen molar-refractivity contribution in [1.82, 2.24) is 9.47 Å². The van der Waals surface area contributed by atoms with E-state index in [4.69, 9.17) is 4.42 Å². The summed E-state index contributed by atoms with van der Waals surface area (Å²) in [6.45, 7) is 0.937. The maximum atomic E-state index is 13.6. The zero-order chi connectivity index (χ0) is 23.5. The third kappa shape index (κ3) is 4.25. The SMILES string of the molecule is Cn1c(CN(CCCc2ccccc2)C(=O)c2coc3ccccc3c2=O)cc2ccccc21. The molecule has 1 amide bonds. The summed E-state index contributed by atoms with van der Waals surface area (Å²) >= 11 is 0. The number of carbonyl (C=O) groups is 1. The van der Waals surface area contributed by atoms with Crippen molar-refractivity contribution in [1.29, 1.82) is 0 Å². The highest BCUT2D eigenvalue weighted by Crippen LogP contribution is 2.21. The largest absolute Gasteiger partial charge is 0.463 e. The van der Waals surface area contributed by atoms with Gasteiger partial charge in [-0.15, -0.1) is 0 Å². The first-order chi connectivity index (χ1) is 16.6. The van der Waals surface area contributed by atoms with Crippen LogP contribution in [0.3, 0.4) is 0 Å².